The van der Waals surface area contributed by atoms with Crippen molar-refractivity contribution in [3.8, 4) is 0 Å². The van der Waals surface area contributed by atoms with Crippen molar-refractivity contribution in [3.63, 3.8) is 0 Å². The van der Waals surface area contributed by atoms with Crippen molar-refractivity contribution in [1.29, 1.82) is 0 Å². The van der Waals surface area contributed by atoms with E-state index in [9.17, 15) is 19.5 Å². The first kappa shape index (κ1) is 83.0. The summed E-state index contributed by atoms with van der Waals surface area (Å²) in [4.78, 5) is 37.5. The maximum Gasteiger partial charge on any atom is 0.306 e. The van der Waals surface area contributed by atoms with Crippen molar-refractivity contribution in [2.24, 2.45) is 0 Å². The fourth-order valence-corrected chi connectivity index (χ4v) is 10.0. The van der Waals surface area contributed by atoms with Crippen LogP contribution in [0.5, 0.6) is 0 Å². The molecule has 0 rings (SSSR count). The van der Waals surface area contributed by atoms with Crippen LogP contribution in [0.1, 0.15) is 309 Å². The van der Waals surface area contributed by atoms with Gasteiger partial charge in [-0.15, -0.1) is 0 Å². The number of nitrogens with zero attached hydrogens (tertiary/aromatic N) is 1. The van der Waals surface area contributed by atoms with Gasteiger partial charge in [-0.2, -0.15) is 0 Å². The molecule has 0 aliphatic carbocycles. The molecule has 0 amide bonds. The molecule has 0 radical (unpaired) electrons. The number of likely N-dealkylation sites (N-methyl/N-ethyl adjacent to an activating group) is 1. The average molecular weight is 1210 g/mol. The number of carboxylic acids is 1. The summed E-state index contributed by atoms with van der Waals surface area (Å²) in [6.45, 7) is 4.65. The van der Waals surface area contributed by atoms with Crippen molar-refractivity contribution in [2.75, 3.05) is 47.5 Å². The number of hydrogen-bond acceptors (Lipinski definition) is 8. The van der Waals surface area contributed by atoms with Gasteiger partial charge in [0, 0.05) is 12.8 Å². The van der Waals surface area contributed by atoms with Gasteiger partial charge in [0.25, 0.3) is 0 Å². The lowest BCUT2D eigenvalue weighted by atomic mass is 10.0. The molecule has 0 aliphatic rings. The predicted octanol–water partition coefficient (Wildman–Crippen LogP) is 21.2. The van der Waals surface area contributed by atoms with Crippen LogP contribution in [-0.4, -0.2) is 82.3 Å². The third kappa shape index (κ3) is 69.3. The predicted molar refractivity (Wildman–Crippen MR) is 370 cm³/mol. The van der Waals surface area contributed by atoms with Crippen molar-refractivity contribution < 1.29 is 42.9 Å². The van der Waals surface area contributed by atoms with E-state index in [-0.39, 0.29) is 38.6 Å². The molecule has 0 aromatic carbocycles. The third-order valence-corrected chi connectivity index (χ3v) is 15.5. The van der Waals surface area contributed by atoms with Crippen molar-refractivity contribution >= 4 is 17.9 Å². The normalized spacial score (nSPS) is 13.3. The Morgan fingerprint density at radius 1 is 0.356 bits per heavy atom. The molecule has 0 spiro atoms. The first-order chi connectivity index (χ1) is 42.6. The number of quaternary nitrogens is 1. The first-order valence-corrected chi connectivity index (χ1v) is 36.0. The van der Waals surface area contributed by atoms with E-state index in [0.717, 1.165) is 96.3 Å². The Hall–Kier alpha value is -4.05. The lowest BCUT2D eigenvalue weighted by Crippen LogP contribution is -2.44. The standard InChI is InChI=1S/C78H135NO8/c1-6-8-10-12-14-16-18-20-22-24-26-28-30-32-34-36-37-38-39-41-43-45-47-49-51-53-55-57-59-61-63-65-67-69-76(81)87-74(73-86-78(77(82)83)84-71-70-79(3,4)5)72-85-75(80)68-66-64-62-60-58-56-54-52-50-48-46-44-42-40-35-33-31-29-27-25-23-21-19-17-15-13-11-9-7-2/h8,10,14,16,20,22,25-28,32,34,37-38,41,43,47,49,74,78H,6-7,9,11-13,15,17-19,21,23-24,29-31,33,35-36,39-40,42,44-46,48,50-73H2,1-5H3/b10-8-,16-14-,22-20-,27-25-,28-26-,34-32-,38-37-,43-41-,49-47-. The first-order valence-electron chi connectivity index (χ1n) is 36.0. The molecule has 0 aromatic heterocycles. The van der Waals surface area contributed by atoms with Gasteiger partial charge in [0.05, 0.1) is 40.3 Å². The van der Waals surface area contributed by atoms with E-state index in [1.807, 2.05) is 21.1 Å². The van der Waals surface area contributed by atoms with Gasteiger partial charge < -0.3 is 33.3 Å². The van der Waals surface area contributed by atoms with Gasteiger partial charge in [-0.1, -0.05) is 303 Å². The van der Waals surface area contributed by atoms with Crippen LogP contribution in [-0.2, 0) is 33.3 Å². The quantitative estimate of drug-likeness (QED) is 0.0195. The summed E-state index contributed by atoms with van der Waals surface area (Å²) in [7, 11) is 5.93. The molecule has 0 heterocycles. The Balaban J connectivity index is 4.15. The summed E-state index contributed by atoms with van der Waals surface area (Å²) >= 11 is 0. The second-order valence-corrected chi connectivity index (χ2v) is 25.1. The molecule has 0 N–H and O–H groups in total. The molecular weight excluding hydrogens is 1080 g/mol. The molecule has 0 bridgehead atoms. The maximum atomic E-state index is 12.9. The summed E-state index contributed by atoms with van der Waals surface area (Å²) in [5.74, 6) is -2.29. The van der Waals surface area contributed by atoms with Crippen LogP contribution >= 0.6 is 0 Å². The van der Waals surface area contributed by atoms with Gasteiger partial charge in [0.2, 0.25) is 0 Å². The molecule has 2 unspecified atom stereocenters. The molecule has 0 aliphatic heterocycles. The Morgan fingerprint density at radius 3 is 0.989 bits per heavy atom. The number of carbonyl (C=O) groups is 3. The SMILES string of the molecule is CC/C=C\C/C=C\C/C=C\C/C=C\C/C=C\C/C=C\C/C=C\C/C=C\CCCCCCCCCCC(=O)OC(COC(=O)CCCCCCCCCCCCCCCCCCC/C=C\CCCCCCCCCC)COC(OCC[N+](C)(C)C)C(=O)[O-]. The van der Waals surface area contributed by atoms with Crippen LogP contribution in [0.15, 0.2) is 109 Å². The summed E-state index contributed by atoms with van der Waals surface area (Å²) in [5.41, 5.74) is 0. The molecular formula is C78H135NO8. The van der Waals surface area contributed by atoms with Crippen molar-refractivity contribution in [2.45, 2.75) is 322 Å². The Labute approximate surface area is 536 Å². The maximum absolute atomic E-state index is 12.9. The molecule has 9 heteroatoms. The number of rotatable bonds is 66. The molecule has 2 atom stereocenters. The topological polar surface area (TPSA) is 111 Å². The minimum atomic E-state index is -1.63. The Bertz CT molecular complexity index is 1800. The van der Waals surface area contributed by atoms with E-state index in [4.69, 9.17) is 18.9 Å². The molecule has 9 nitrogen and oxygen atoms in total. The molecule has 87 heavy (non-hydrogen) atoms. The van der Waals surface area contributed by atoms with Gasteiger partial charge >= 0.3 is 11.9 Å². The minimum Gasteiger partial charge on any atom is -0.545 e. The summed E-state index contributed by atoms with van der Waals surface area (Å²) in [6, 6.07) is 0. The van der Waals surface area contributed by atoms with Crippen molar-refractivity contribution in [1.82, 2.24) is 0 Å². The number of esters is 2. The molecule has 0 saturated carbocycles. The highest BCUT2D eigenvalue weighted by atomic mass is 16.7. The monoisotopic (exact) mass is 1210 g/mol. The van der Waals surface area contributed by atoms with Gasteiger partial charge in [0.1, 0.15) is 13.2 Å². The number of ether oxygens (including phenoxy) is 4. The zero-order valence-electron chi connectivity index (χ0n) is 57.1. The summed E-state index contributed by atoms with van der Waals surface area (Å²) in [5, 5.41) is 11.8. The van der Waals surface area contributed by atoms with Crippen LogP contribution in [0.25, 0.3) is 0 Å². The Morgan fingerprint density at radius 2 is 0.655 bits per heavy atom. The third-order valence-electron chi connectivity index (χ3n) is 15.5. The lowest BCUT2D eigenvalue weighted by Gasteiger charge is -2.26. The van der Waals surface area contributed by atoms with E-state index in [0.29, 0.717) is 17.4 Å². The van der Waals surface area contributed by atoms with Crippen LogP contribution < -0.4 is 5.11 Å². The number of unbranched alkanes of at least 4 members (excludes halogenated alkanes) is 33. The highest BCUT2D eigenvalue weighted by molar-refractivity contribution is 5.70. The number of allylic oxidation sites excluding steroid dienone is 18. The molecule has 0 aromatic rings. The Kier molecular flexibility index (Phi) is 64.7. The van der Waals surface area contributed by atoms with Crippen molar-refractivity contribution in [3.05, 3.63) is 109 Å². The lowest BCUT2D eigenvalue weighted by molar-refractivity contribution is -0.870. The second kappa shape index (κ2) is 67.9. The van der Waals surface area contributed by atoms with E-state index in [1.165, 1.54) is 180 Å². The van der Waals surface area contributed by atoms with Crippen LogP contribution in [0, 0.1) is 0 Å². The van der Waals surface area contributed by atoms with Crippen LogP contribution in [0.2, 0.25) is 0 Å². The van der Waals surface area contributed by atoms with Gasteiger partial charge in [-0.05, 0) is 103 Å². The fourth-order valence-electron chi connectivity index (χ4n) is 10.0. The van der Waals surface area contributed by atoms with Gasteiger partial charge in [-0.3, -0.25) is 9.59 Å². The number of carbonyl (C=O) groups excluding carboxylic acids is 3. The highest BCUT2D eigenvalue weighted by Crippen LogP contribution is 2.17. The van der Waals surface area contributed by atoms with E-state index < -0.39 is 24.3 Å². The summed E-state index contributed by atoms with van der Waals surface area (Å²) in [6.07, 6.45) is 91.7. The van der Waals surface area contributed by atoms with Crippen LogP contribution in [0.3, 0.4) is 0 Å². The van der Waals surface area contributed by atoms with Gasteiger partial charge in [0.15, 0.2) is 12.4 Å². The minimum absolute atomic E-state index is 0.142. The average Bonchev–Trinajstić information content (AvgIpc) is 3.59. The van der Waals surface area contributed by atoms with Crippen LogP contribution in [0.4, 0.5) is 0 Å². The molecule has 0 fully saturated rings. The molecule has 0 saturated heterocycles. The number of carboxylic acid groups (broad SMARTS) is 1. The van der Waals surface area contributed by atoms with Gasteiger partial charge in [-0.25, -0.2) is 0 Å². The highest BCUT2D eigenvalue weighted by Gasteiger charge is 2.22. The number of aliphatic carboxylic acids is 1. The molecule has 500 valence electrons. The number of hydrogen-bond donors (Lipinski definition) is 0. The van der Waals surface area contributed by atoms with E-state index in [1.54, 1.807) is 0 Å². The zero-order chi connectivity index (χ0) is 63.3. The largest absolute Gasteiger partial charge is 0.545 e. The zero-order valence-corrected chi connectivity index (χ0v) is 57.1. The second-order valence-electron chi connectivity index (χ2n) is 25.1. The van der Waals surface area contributed by atoms with E-state index >= 15 is 0 Å². The fraction of sp³-hybridized carbons (Fsp3) is 0.731. The van der Waals surface area contributed by atoms with E-state index in [2.05, 4.69) is 123 Å². The smallest absolute Gasteiger partial charge is 0.306 e. The summed E-state index contributed by atoms with van der Waals surface area (Å²) < 4.78 is 22.8.